The average molecular weight is 283 g/mol. The molecule has 0 amide bonds. The van der Waals surface area contributed by atoms with Gasteiger partial charge in [-0.25, -0.2) is 4.98 Å². The smallest absolute Gasteiger partial charge is 0.213 e. The second-order valence-electron chi connectivity index (χ2n) is 4.76. The lowest BCUT2D eigenvalue weighted by atomic mass is 10.3. The lowest BCUT2D eigenvalue weighted by Gasteiger charge is -2.12. The van der Waals surface area contributed by atoms with Crippen LogP contribution < -0.4 is 10.1 Å². The van der Waals surface area contributed by atoms with Crippen molar-refractivity contribution >= 4 is 5.65 Å². The van der Waals surface area contributed by atoms with Crippen LogP contribution in [0.4, 0.5) is 0 Å². The first-order valence-electron chi connectivity index (χ1n) is 6.81. The Labute approximate surface area is 122 Å². The van der Waals surface area contributed by atoms with E-state index < -0.39 is 0 Å². The summed E-state index contributed by atoms with van der Waals surface area (Å²) >= 11 is 0. The highest BCUT2D eigenvalue weighted by atomic mass is 16.5. The van der Waals surface area contributed by atoms with E-state index in [0.717, 1.165) is 17.2 Å². The van der Waals surface area contributed by atoms with Gasteiger partial charge < -0.3 is 10.1 Å². The van der Waals surface area contributed by atoms with Crippen molar-refractivity contribution in [3.63, 3.8) is 0 Å². The minimum atomic E-state index is 0.0652. The molecule has 1 unspecified atom stereocenters. The molecule has 3 rings (SSSR count). The maximum atomic E-state index is 5.13. The summed E-state index contributed by atoms with van der Waals surface area (Å²) in [5.74, 6) is 1.50. The Kier molecular flexibility index (Phi) is 3.79. The predicted octanol–water partition coefficient (Wildman–Crippen LogP) is 1.98. The Hall–Kier alpha value is -2.47. The van der Waals surface area contributed by atoms with E-state index in [4.69, 9.17) is 4.74 Å². The minimum absolute atomic E-state index is 0.0652. The molecule has 0 aliphatic carbocycles. The molecule has 0 radical (unpaired) electrons. The number of nitrogens with zero attached hydrogens (tertiary/aromatic N) is 4. The van der Waals surface area contributed by atoms with Gasteiger partial charge in [0.05, 0.1) is 18.8 Å². The Morgan fingerprint density at radius 2 is 2.10 bits per heavy atom. The van der Waals surface area contributed by atoms with Crippen LogP contribution in [0.15, 0.2) is 42.6 Å². The lowest BCUT2D eigenvalue weighted by molar-refractivity contribution is 0.395. The van der Waals surface area contributed by atoms with E-state index in [2.05, 4.69) is 27.4 Å². The Morgan fingerprint density at radius 3 is 2.95 bits per heavy atom. The van der Waals surface area contributed by atoms with Crippen molar-refractivity contribution in [3.8, 4) is 5.88 Å². The van der Waals surface area contributed by atoms with Crippen LogP contribution >= 0.6 is 0 Å². The first-order chi connectivity index (χ1) is 10.3. The third-order valence-corrected chi connectivity index (χ3v) is 3.31. The summed E-state index contributed by atoms with van der Waals surface area (Å²) in [6.45, 7) is 2.70. The van der Waals surface area contributed by atoms with Crippen molar-refractivity contribution in [2.75, 3.05) is 7.11 Å². The molecule has 3 heterocycles. The summed E-state index contributed by atoms with van der Waals surface area (Å²) in [4.78, 5) is 4.38. The number of hydrogen-bond donors (Lipinski definition) is 1. The summed E-state index contributed by atoms with van der Waals surface area (Å²) in [5, 5.41) is 11.8. The molecular formula is C15H17N5O. The molecule has 0 aromatic carbocycles. The van der Waals surface area contributed by atoms with E-state index in [1.165, 1.54) is 0 Å². The summed E-state index contributed by atoms with van der Waals surface area (Å²) < 4.78 is 7.11. The van der Waals surface area contributed by atoms with Crippen LogP contribution in [-0.2, 0) is 6.54 Å². The summed E-state index contributed by atoms with van der Waals surface area (Å²) in [5.41, 5.74) is 1.77. The van der Waals surface area contributed by atoms with Gasteiger partial charge in [-0.15, -0.1) is 10.2 Å². The molecule has 3 aromatic rings. The standard InChI is InChI=1S/C15H17N5O/c1-11(15-19-18-13-7-3-4-9-20(13)15)16-10-12-6-5-8-14(17-12)21-2/h3-9,11,16H,10H2,1-2H3. The molecule has 0 bridgehead atoms. The fourth-order valence-corrected chi connectivity index (χ4v) is 2.17. The second kappa shape index (κ2) is 5.88. The van der Waals surface area contributed by atoms with Crippen LogP contribution in [0.5, 0.6) is 5.88 Å². The van der Waals surface area contributed by atoms with Gasteiger partial charge in [-0.3, -0.25) is 4.40 Å². The largest absolute Gasteiger partial charge is 0.481 e. The molecule has 1 N–H and O–H groups in total. The van der Waals surface area contributed by atoms with Gasteiger partial charge in [0.1, 0.15) is 0 Å². The van der Waals surface area contributed by atoms with Crippen LogP contribution in [0.2, 0.25) is 0 Å². The molecule has 0 saturated carbocycles. The van der Waals surface area contributed by atoms with Gasteiger partial charge in [0.2, 0.25) is 5.88 Å². The van der Waals surface area contributed by atoms with E-state index >= 15 is 0 Å². The van der Waals surface area contributed by atoms with Crippen molar-refractivity contribution in [2.24, 2.45) is 0 Å². The number of aromatic nitrogens is 4. The van der Waals surface area contributed by atoms with Crippen molar-refractivity contribution < 1.29 is 4.74 Å². The first-order valence-corrected chi connectivity index (χ1v) is 6.81. The number of rotatable bonds is 5. The SMILES string of the molecule is COc1cccc(CNC(C)c2nnc3ccccn23)n1. The zero-order valence-electron chi connectivity index (χ0n) is 12.0. The molecule has 6 nitrogen and oxygen atoms in total. The molecule has 21 heavy (non-hydrogen) atoms. The summed E-state index contributed by atoms with van der Waals surface area (Å²) in [6, 6.07) is 11.6. The van der Waals surface area contributed by atoms with Gasteiger partial charge in [-0.2, -0.15) is 0 Å². The highest BCUT2D eigenvalue weighted by Crippen LogP contribution is 2.13. The summed E-state index contributed by atoms with van der Waals surface area (Å²) in [7, 11) is 1.62. The van der Waals surface area contributed by atoms with Crippen molar-refractivity contribution in [1.29, 1.82) is 0 Å². The molecule has 0 aliphatic rings. The van der Waals surface area contributed by atoms with Crippen LogP contribution in [0.25, 0.3) is 5.65 Å². The van der Waals surface area contributed by atoms with Gasteiger partial charge in [0, 0.05) is 18.8 Å². The van der Waals surface area contributed by atoms with Crippen LogP contribution in [0.3, 0.4) is 0 Å². The third kappa shape index (κ3) is 2.85. The van der Waals surface area contributed by atoms with Crippen molar-refractivity contribution in [1.82, 2.24) is 24.9 Å². The normalized spacial score (nSPS) is 12.5. The molecule has 0 fully saturated rings. The van der Waals surface area contributed by atoms with E-state index in [0.29, 0.717) is 12.4 Å². The zero-order valence-corrected chi connectivity index (χ0v) is 12.0. The first kappa shape index (κ1) is 13.5. The van der Waals surface area contributed by atoms with E-state index in [-0.39, 0.29) is 6.04 Å². The van der Waals surface area contributed by atoms with Crippen LogP contribution in [0.1, 0.15) is 24.5 Å². The van der Waals surface area contributed by atoms with Gasteiger partial charge in [0.15, 0.2) is 11.5 Å². The fraction of sp³-hybridized carbons (Fsp3) is 0.267. The van der Waals surface area contributed by atoms with Crippen molar-refractivity contribution in [3.05, 3.63) is 54.1 Å². The highest BCUT2D eigenvalue weighted by Gasteiger charge is 2.12. The number of methoxy groups -OCH3 is 1. The molecule has 6 heteroatoms. The van der Waals surface area contributed by atoms with Gasteiger partial charge in [-0.05, 0) is 25.1 Å². The van der Waals surface area contributed by atoms with Gasteiger partial charge in [0.25, 0.3) is 0 Å². The molecule has 3 aromatic heterocycles. The zero-order chi connectivity index (χ0) is 14.7. The Balaban J connectivity index is 1.72. The summed E-state index contributed by atoms with van der Waals surface area (Å²) in [6.07, 6.45) is 1.96. The molecular weight excluding hydrogens is 266 g/mol. The number of pyridine rings is 2. The second-order valence-corrected chi connectivity index (χ2v) is 4.76. The number of ether oxygens (including phenoxy) is 1. The van der Waals surface area contributed by atoms with Gasteiger partial charge >= 0.3 is 0 Å². The highest BCUT2D eigenvalue weighted by molar-refractivity contribution is 5.37. The number of fused-ring (bicyclic) bond motifs is 1. The van der Waals surface area contributed by atoms with E-state index in [1.54, 1.807) is 7.11 Å². The van der Waals surface area contributed by atoms with Crippen LogP contribution in [-0.4, -0.2) is 26.7 Å². The quantitative estimate of drug-likeness (QED) is 0.775. The number of nitrogens with one attached hydrogen (secondary N) is 1. The molecule has 0 saturated heterocycles. The van der Waals surface area contributed by atoms with Crippen molar-refractivity contribution in [2.45, 2.75) is 19.5 Å². The average Bonchev–Trinajstić information content (AvgIpc) is 2.97. The lowest BCUT2D eigenvalue weighted by Crippen LogP contribution is -2.21. The topological polar surface area (TPSA) is 64.3 Å². The molecule has 1 atom stereocenters. The molecule has 108 valence electrons. The third-order valence-electron chi connectivity index (χ3n) is 3.31. The maximum absolute atomic E-state index is 5.13. The van der Waals surface area contributed by atoms with Gasteiger partial charge in [-0.1, -0.05) is 12.1 Å². The molecule has 0 spiro atoms. The minimum Gasteiger partial charge on any atom is -0.481 e. The van der Waals surface area contributed by atoms with E-state index in [9.17, 15) is 0 Å². The van der Waals surface area contributed by atoms with Crippen LogP contribution in [0, 0.1) is 0 Å². The monoisotopic (exact) mass is 283 g/mol. The fourth-order valence-electron chi connectivity index (χ4n) is 2.17. The number of hydrogen-bond acceptors (Lipinski definition) is 5. The maximum Gasteiger partial charge on any atom is 0.213 e. The van der Waals surface area contributed by atoms with E-state index in [1.807, 2.05) is 47.0 Å². The predicted molar refractivity (Wildman–Crippen MR) is 79.0 cm³/mol. The Morgan fingerprint density at radius 1 is 1.19 bits per heavy atom. The Bertz CT molecular complexity index is 740. The molecule has 0 aliphatic heterocycles.